The van der Waals surface area contributed by atoms with E-state index in [9.17, 15) is 21.6 Å². The lowest BCUT2D eigenvalue weighted by Crippen LogP contribution is -2.20. The van der Waals surface area contributed by atoms with E-state index in [4.69, 9.17) is 33.7 Å². The molecular weight excluding hydrogens is 462 g/mol. The van der Waals surface area contributed by atoms with E-state index < -0.39 is 26.5 Å². The highest BCUT2D eigenvalue weighted by Crippen LogP contribution is 2.46. The summed E-state index contributed by atoms with van der Waals surface area (Å²) >= 11 is 13.4. The first-order chi connectivity index (χ1) is 12.8. The minimum absolute atomic E-state index is 0.0297. The molecule has 0 saturated carbocycles. The van der Waals surface area contributed by atoms with Crippen molar-refractivity contribution < 1.29 is 26.3 Å². The Labute approximate surface area is 173 Å². The third kappa shape index (κ3) is 3.70. The molecule has 28 heavy (non-hydrogen) atoms. The summed E-state index contributed by atoms with van der Waals surface area (Å²) in [6.07, 6.45) is -3.71. The lowest BCUT2D eigenvalue weighted by atomic mass is 10.2. The monoisotopic (exact) mass is 475 g/mol. The molecule has 0 bridgehead atoms. The van der Waals surface area contributed by atoms with Crippen LogP contribution in [-0.2, 0) is 25.7 Å². The van der Waals surface area contributed by atoms with E-state index in [1.54, 1.807) is 6.92 Å². The normalized spacial score (nSPS) is 20.7. The summed E-state index contributed by atoms with van der Waals surface area (Å²) in [6.45, 7) is 2.01. The Bertz CT molecular complexity index is 1030. The van der Waals surface area contributed by atoms with Crippen molar-refractivity contribution in [3.63, 3.8) is 0 Å². The van der Waals surface area contributed by atoms with Gasteiger partial charge in [0.25, 0.3) is 0 Å². The number of alkyl halides is 3. The van der Waals surface area contributed by atoms with Crippen LogP contribution in [0.4, 0.5) is 19.0 Å². The van der Waals surface area contributed by atoms with Crippen LogP contribution < -0.4 is 5.73 Å². The number of halogens is 5. The summed E-state index contributed by atoms with van der Waals surface area (Å²) < 4.78 is 70.2. The van der Waals surface area contributed by atoms with Gasteiger partial charge in [-0.15, -0.1) is 11.8 Å². The molecule has 1 unspecified atom stereocenters. The maximum absolute atomic E-state index is 13.0. The van der Waals surface area contributed by atoms with E-state index in [1.165, 1.54) is 11.8 Å². The van der Waals surface area contributed by atoms with E-state index in [2.05, 4.69) is 5.10 Å². The number of anilines is 1. The number of rotatable bonds is 3. The van der Waals surface area contributed by atoms with Gasteiger partial charge in [0.1, 0.15) is 22.1 Å². The van der Waals surface area contributed by atoms with Crippen LogP contribution in [0.2, 0.25) is 10.0 Å². The van der Waals surface area contributed by atoms with Crippen LogP contribution in [-0.4, -0.2) is 36.8 Å². The first kappa shape index (κ1) is 21.6. The molecule has 0 aliphatic carbocycles. The number of ether oxygens (including phenoxy) is 1. The van der Waals surface area contributed by atoms with Crippen molar-refractivity contribution >= 4 is 50.6 Å². The van der Waals surface area contributed by atoms with Crippen molar-refractivity contribution in [2.45, 2.75) is 22.9 Å². The minimum Gasteiger partial charge on any atom is -0.382 e. The molecule has 0 spiro atoms. The van der Waals surface area contributed by atoms with Crippen LogP contribution in [0.25, 0.3) is 5.69 Å². The van der Waals surface area contributed by atoms with E-state index in [-0.39, 0.29) is 32.1 Å². The zero-order valence-corrected chi connectivity index (χ0v) is 17.6. The van der Waals surface area contributed by atoms with Crippen molar-refractivity contribution in [3.05, 3.63) is 33.4 Å². The highest BCUT2D eigenvalue weighted by Gasteiger charge is 2.42. The second-order valence-electron chi connectivity index (χ2n) is 6.18. The predicted molar refractivity (Wildman–Crippen MR) is 102 cm³/mol. The molecule has 13 heteroatoms. The van der Waals surface area contributed by atoms with Gasteiger partial charge in [0.15, 0.2) is 14.8 Å². The zero-order valence-electron chi connectivity index (χ0n) is 14.5. The molecule has 154 valence electrons. The Morgan fingerprint density at radius 2 is 1.89 bits per heavy atom. The molecule has 1 aromatic carbocycles. The van der Waals surface area contributed by atoms with Gasteiger partial charge in [0.05, 0.1) is 22.2 Å². The summed E-state index contributed by atoms with van der Waals surface area (Å²) in [6, 6.07) is 1.35. The van der Waals surface area contributed by atoms with Crippen molar-refractivity contribution in [3.8, 4) is 5.69 Å². The molecule has 1 aromatic heterocycles. The lowest BCUT2D eigenvalue weighted by molar-refractivity contribution is -0.137. The molecule has 2 heterocycles. The van der Waals surface area contributed by atoms with Gasteiger partial charge in [0, 0.05) is 12.0 Å². The molecule has 0 amide bonds. The summed E-state index contributed by atoms with van der Waals surface area (Å²) in [4.78, 5) is -1.38. The standard InChI is InChI=1S/C15H14Cl2F3N3O3S2/c1-14(26-3-4-27-14)12-11(28(2,24)25)13(21)23(22-12)10-8(16)5-7(6-9(10)17)15(18,19)20/h5-6H,3-4,21H2,1-2H3. The lowest BCUT2D eigenvalue weighted by Gasteiger charge is -2.20. The third-order valence-corrected chi connectivity index (χ3v) is 7.02. The van der Waals surface area contributed by atoms with Crippen LogP contribution in [0, 0.1) is 0 Å². The fraction of sp³-hybridized carbons (Fsp3) is 0.400. The molecule has 6 nitrogen and oxygen atoms in total. The molecule has 1 fully saturated rings. The first-order valence-corrected chi connectivity index (χ1v) is 11.3. The predicted octanol–water partition coefficient (Wildman–Crippen LogP) is 4.12. The number of nitrogen functional groups attached to an aromatic ring is 1. The van der Waals surface area contributed by atoms with Crippen LogP contribution in [0.1, 0.15) is 18.2 Å². The van der Waals surface area contributed by atoms with Gasteiger partial charge in [0.2, 0.25) is 0 Å². The average Bonchev–Trinajstić information content (AvgIpc) is 3.11. The fourth-order valence-corrected chi connectivity index (χ4v) is 5.60. The van der Waals surface area contributed by atoms with Crippen LogP contribution in [0.3, 0.4) is 0 Å². The Morgan fingerprint density at radius 1 is 1.32 bits per heavy atom. The Hall–Kier alpha value is -1.14. The molecule has 1 aliphatic rings. The van der Waals surface area contributed by atoms with Gasteiger partial charge in [-0.2, -0.15) is 18.3 Å². The minimum atomic E-state index is -4.66. The van der Waals surface area contributed by atoms with E-state index in [0.29, 0.717) is 24.5 Å². The van der Waals surface area contributed by atoms with E-state index >= 15 is 0 Å². The summed E-state index contributed by atoms with van der Waals surface area (Å²) in [5.41, 5.74) is 4.85. The highest BCUT2D eigenvalue weighted by atomic mass is 35.5. The number of sulfone groups is 1. The third-order valence-electron chi connectivity index (χ3n) is 4.07. The SMILES string of the molecule is CC1(c2nn(-c3c(Cl)cc(C(F)(F)F)cc3Cl)c(N)c2S(C)(=O)=O)OCCS1. The molecule has 1 atom stereocenters. The fourth-order valence-electron chi connectivity index (χ4n) is 2.83. The Balaban J connectivity index is 2.29. The van der Waals surface area contributed by atoms with Crippen molar-refractivity contribution in [1.29, 1.82) is 0 Å². The maximum atomic E-state index is 13.0. The molecular formula is C15H14Cl2F3N3O3S2. The summed E-state index contributed by atoms with van der Waals surface area (Å²) in [7, 11) is -3.85. The topological polar surface area (TPSA) is 87.2 Å². The van der Waals surface area contributed by atoms with Gasteiger partial charge >= 0.3 is 6.18 Å². The zero-order chi connectivity index (χ0) is 21.1. The van der Waals surface area contributed by atoms with Crippen LogP contribution >= 0.6 is 35.0 Å². The smallest absolute Gasteiger partial charge is 0.382 e. The number of thioether (sulfide) groups is 1. The van der Waals surface area contributed by atoms with Crippen LogP contribution in [0.15, 0.2) is 17.0 Å². The molecule has 3 rings (SSSR count). The largest absolute Gasteiger partial charge is 0.416 e. The van der Waals surface area contributed by atoms with Crippen molar-refractivity contribution in [2.75, 3.05) is 24.3 Å². The quantitative estimate of drug-likeness (QED) is 0.718. The van der Waals surface area contributed by atoms with Gasteiger partial charge < -0.3 is 10.5 Å². The van der Waals surface area contributed by atoms with Crippen LogP contribution in [0.5, 0.6) is 0 Å². The number of aromatic nitrogens is 2. The number of hydrogen-bond acceptors (Lipinski definition) is 6. The molecule has 2 N–H and O–H groups in total. The summed E-state index contributed by atoms with van der Waals surface area (Å²) in [5.74, 6) is 0.284. The second kappa shape index (κ2) is 6.98. The Morgan fingerprint density at radius 3 is 2.32 bits per heavy atom. The molecule has 1 aliphatic heterocycles. The van der Waals surface area contributed by atoms with E-state index in [0.717, 1.165) is 10.9 Å². The van der Waals surface area contributed by atoms with Crippen molar-refractivity contribution in [2.24, 2.45) is 0 Å². The van der Waals surface area contributed by atoms with Crippen molar-refractivity contribution in [1.82, 2.24) is 9.78 Å². The van der Waals surface area contributed by atoms with Gasteiger partial charge in [-0.1, -0.05) is 23.2 Å². The second-order valence-corrected chi connectivity index (χ2v) is 10.4. The number of nitrogens with zero attached hydrogens (tertiary/aromatic N) is 2. The van der Waals surface area contributed by atoms with E-state index in [1.807, 2.05) is 0 Å². The van der Waals surface area contributed by atoms with Gasteiger partial charge in [-0.05, 0) is 19.1 Å². The number of benzene rings is 1. The Kier molecular flexibility index (Phi) is 5.37. The molecule has 1 saturated heterocycles. The first-order valence-electron chi connectivity index (χ1n) is 7.69. The van der Waals surface area contributed by atoms with Gasteiger partial charge in [-0.25, -0.2) is 13.1 Å². The average molecular weight is 476 g/mol. The highest BCUT2D eigenvalue weighted by molar-refractivity contribution is 8.00. The van der Waals surface area contributed by atoms with Gasteiger partial charge in [-0.3, -0.25) is 0 Å². The summed E-state index contributed by atoms with van der Waals surface area (Å²) in [5, 5.41) is 3.46. The molecule has 0 radical (unpaired) electrons. The maximum Gasteiger partial charge on any atom is 0.416 e. The number of nitrogens with two attached hydrogens (primary N) is 1. The number of hydrogen-bond donors (Lipinski definition) is 1. The molecule has 2 aromatic rings.